The van der Waals surface area contributed by atoms with Crippen molar-refractivity contribution in [1.82, 2.24) is 5.32 Å². The fourth-order valence-corrected chi connectivity index (χ4v) is 4.10. The molecule has 0 aliphatic heterocycles. The lowest BCUT2D eigenvalue weighted by atomic mass is 10.0. The lowest BCUT2D eigenvalue weighted by molar-refractivity contribution is -0.123. The highest BCUT2D eigenvalue weighted by molar-refractivity contribution is 6.30. The predicted octanol–water partition coefficient (Wildman–Crippen LogP) is 8.40. The van der Waals surface area contributed by atoms with Gasteiger partial charge in [0, 0.05) is 11.6 Å². The predicted molar refractivity (Wildman–Crippen MR) is 134 cm³/mol. The van der Waals surface area contributed by atoms with Crippen LogP contribution in [-0.2, 0) is 4.79 Å². The molecule has 0 atom stereocenters. The van der Waals surface area contributed by atoms with E-state index in [1.54, 1.807) is 12.1 Å². The Morgan fingerprint density at radius 2 is 1.29 bits per heavy atom. The van der Waals surface area contributed by atoms with Crippen molar-refractivity contribution in [1.29, 1.82) is 0 Å². The van der Waals surface area contributed by atoms with Crippen LogP contribution in [0.15, 0.2) is 18.2 Å². The minimum absolute atomic E-state index is 0.0569. The molecule has 1 aromatic carbocycles. The van der Waals surface area contributed by atoms with Crippen molar-refractivity contribution in [3.63, 3.8) is 0 Å². The molecule has 0 radical (unpaired) electrons. The molecule has 0 spiro atoms. The lowest BCUT2D eigenvalue weighted by Gasteiger charge is -2.10. The summed E-state index contributed by atoms with van der Waals surface area (Å²) in [5, 5.41) is 3.62. The summed E-state index contributed by atoms with van der Waals surface area (Å²) in [5.41, 5.74) is 0.943. The van der Waals surface area contributed by atoms with Crippen LogP contribution < -0.4 is 10.1 Å². The standard InChI is InChI=1S/C27H46ClNO2/c1-3-4-5-6-7-8-9-10-11-12-13-14-15-16-17-18-21-29-27(30)23-31-26-20-19-25(28)22-24(26)2/h19-20,22H,3-18,21,23H2,1-2H3,(H,29,30). The number of nitrogens with one attached hydrogen (secondary N) is 1. The SMILES string of the molecule is CCCCCCCCCCCCCCCCCCNC(=O)COc1ccc(Cl)cc1C. The third-order valence-corrected chi connectivity index (χ3v) is 6.08. The maximum atomic E-state index is 11.9. The van der Waals surface area contributed by atoms with Gasteiger partial charge in [-0.05, 0) is 37.1 Å². The lowest BCUT2D eigenvalue weighted by Crippen LogP contribution is -2.29. The number of rotatable bonds is 20. The maximum Gasteiger partial charge on any atom is 0.257 e. The summed E-state index contributed by atoms with van der Waals surface area (Å²) in [5.74, 6) is 0.650. The normalized spacial score (nSPS) is 10.9. The first-order chi connectivity index (χ1) is 15.1. The molecule has 0 saturated heterocycles. The first-order valence-electron chi connectivity index (χ1n) is 12.8. The average Bonchev–Trinajstić information content (AvgIpc) is 2.75. The number of hydrogen-bond donors (Lipinski definition) is 1. The molecule has 0 aliphatic rings. The molecule has 1 rings (SSSR count). The second kappa shape index (κ2) is 19.5. The average molecular weight is 452 g/mol. The highest BCUT2D eigenvalue weighted by Crippen LogP contribution is 2.21. The number of benzene rings is 1. The molecule has 0 aliphatic carbocycles. The minimum Gasteiger partial charge on any atom is -0.484 e. The fraction of sp³-hybridized carbons (Fsp3) is 0.741. The first-order valence-corrected chi connectivity index (χ1v) is 13.2. The van der Waals surface area contributed by atoms with Crippen LogP contribution in [0.2, 0.25) is 5.02 Å². The van der Waals surface area contributed by atoms with E-state index in [4.69, 9.17) is 16.3 Å². The van der Waals surface area contributed by atoms with Crippen LogP contribution in [0, 0.1) is 6.92 Å². The molecule has 0 fully saturated rings. The monoisotopic (exact) mass is 451 g/mol. The molecule has 0 saturated carbocycles. The number of ether oxygens (including phenoxy) is 1. The van der Waals surface area contributed by atoms with Gasteiger partial charge in [-0.3, -0.25) is 4.79 Å². The molecule has 4 heteroatoms. The second-order valence-corrected chi connectivity index (χ2v) is 9.29. The van der Waals surface area contributed by atoms with Crippen LogP contribution in [0.5, 0.6) is 5.75 Å². The van der Waals surface area contributed by atoms with Gasteiger partial charge in [0.1, 0.15) is 5.75 Å². The van der Waals surface area contributed by atoms with E-state index in [1.165, 1.54) is 96.3 Å². The van der Waals surface area contributed by atoms with Gasteiger partial charge in [0.15, 0.2) is 6.61 Å². The van der Waals surface area contributed by atoms with Crippen molar-refractivity contribution in [3.05, 3.63) is 28.8 Å². The Balaban J connectivity index is 1.81. The first kappa shape index (κ1) is 27.8. The summed E-state index contributed by atoms with van der Waals surface area (Å²) in [6, 6.07) is 5.42. The van der Waals surface area contributed by atoms with E-state index in [0.29, 0.717) is 10.8 Å². The van der Waals surface area contributed by atoms with Crippen molar-refractivity contribution in [2.45, 2.75) is 117 Å². The van der Waals surface area contributed by atoms with E-state index in [0.717, 1.165) is 18.5 Å². The largest absolute Gasteiger partial charge is 0.484 e. The number of unbranched alkanes of at least 4 members (excludes halogenated alkanes) is 15. The van der Waals surface area contributed by atoms with Gasteiger partial charge in [0.2, 0.25) is 0 Å². The molecule has 0 aromatic heterocycles. The number of carbonyl (C=O) groups excluding carboxylic acids is 1. The summed E-state index contributed by atoms with van der Waals surface area (Å²) in [7, 11) is 0. The summed E-state index contributed by atoms with van der Waals surface area (Å²) in [4.78, 5) is 11.9. The fourth-order valence-electron chi connectivity index (χ4n) is 3.87. The van der Waals surface area contributed by atoms with Gasteiger partial charge >= 0.3 is 0 Å². The Labute approximate surface area is 196 Å². The highest BCUT2D eigenvalue weighted by Gasteiger charge is 2.05. The van der Waals surface area contributed by atoms with E-state index >= 15 is 0 Å². The van der Waals surface area contributed by atoms with Gasteiger partial charge in [-0.1, -0.05) is 115 Å². The van der Waals surface area contributed by atoms with E-state index < -0.39 is 0 Å². The van der Waals surface area contributed by atoms with Crippen LogP contribution in [0.4, 0.5) is 0 Å². The van der Waals surface area contributed by atoms with Crippen LogP contribution in [0.1, 0.15) is 115 Å². The van der Waals surface area contributed by atoms with Crippen molar-refractivity contribution in [2.75, 3.05) is 13.2 Å². The quantitative estimate of drug-likeness (QED) is 0.202. The van der Waals surface area contributed by atoms with Gasteiger partial charge < -0.3 is 10.1 Å². The molecule has 0 heterocycles. The van der Waals surface area contributed by atoms with E-state index in [2.05, 4.69) is 12.2 Å². The Kier molecular flexibility index (Phi) is 17.5. The highest BCUT2D eigenvalue weighted by atomic mass is 35.5. The van der Waals surface area contributed by atoms with Crippen LogP contribution in [0.3, 0.4) is 0 Å². The second-order valence-electron chi connectivity index (χ2n) is 8.85. The van der Waals surface area contributed by atoms with Crippen LogP contribution >= 0.6 is 11.6 Å². The molecule has 31 heavy (non-hydrogen) atoms. The topological polar surface area (TPSA) is 38.3 Å². The molecule has 1 N–H and O–H groups in total. The van der Waals surface area contributed by atoms with E-state index in [1.807, 2.05) is 13.0 Å². The van der Waals surface area contributed by atoms with Gasteiger partial charge in [-0.15, -0.1) is 0 Å². The van der Waals surface area contributed by atoms with E-state index in [-0.39, 0.29) is 12.5 Å². The van der Waals surface area contributed by atoms with Gasteiger partial charge in [0.25, 0.3) is 5.91 Å². The Morgan fingerprint density at radius 1 is 0.806 bits per heavy atom. The molecule has 1 aromatic rings. The molecule has 3 nitrogen and oxygen atoms in total. The number of carbonyl (C=O) groups is 1. The third kappa shape index (κ3) is 16.1. The van der Waals surface area contributed by atoms with Crippen LogP contribution in [0.25, 0.3) is 0 Å². The Hall–Kier alpha value is -1.22. The number of halogens is 1. The summed E-state index contributed by atoms with van der Waals surface area (Å²) in [6.07, 6.45) is 21.8. The number of amides is 1. The molecular formula is C27H46ClNO2. The summed E-state index contributed by atoms with van der Waals surface area (Å²) >= 11 is 5.93. The zero-order chi connectivity index (χ0) is 22.6. The van der Waals surface area contributed by atoms with Crippen molar-refractivity contribution in [2.24, 2.45) is 0 Å². The van der Waals surface area contributed by atoms with Crippen molar-refractivity contribution >= 4 is 17.5 Å². The molecule has 0 unspecified atom stereocenters. The van der Waals surface area contributed by atoms with Crippen molar-refractivity contribution in [3.8, 4) is 5.75 Å². The molecule has 1 amide bonds. The molecular weight excluding hydrogens is 406 g/mol. The van der Waals surface area contributed by atoms with Gasteiger partial charge in [-0.2, -0.15) is 0 Å². The van der Waals surface area contributed by atoms with Gasteiger partial charge in [0.05, 0.1) is 0 Å². The molecule has 0 bridgehead atoms. The Bertz CT molecular complexity index is 576. The number of hydrogen-bond acceptors (Lipinski definition) is 2. The summed E-state index contributed by atoms with van der Waals surface area (Å²) < 4.78 is 5.57. The van der Waals surface area contributed by atoms with Crippen molar-refractivity contribution < 1.29 is 9.53 Å². The van der Waals surface area contributed by atoms with E-state index in [9.17, 15) is 4.79 Å². The summed E-state index contributed by atoms with van der Waals surface area (Å²) in [6.45, 7) is 5.00. The maximum absolute atomic E-state index is 11.9. The smallest absolute Gasteiger partial charge is 0.257 e. The minimum atomic E-state index is -0.0599. The molecule has 178 valence electrons. The zero-order valence-electron chi connectivity index (χ0n) is 20.2. The third-order valence-electron chi connectivity index (χ3n) is 5.85. The number of aryl methyl sites for hydroxylation is 1. The Morgan fingerprint density at radius 3 is 1.77 bits per heavy atom. The zero-order valence-corrected chi connectivity index (χ0v) is 20.9. The van der Waals surface area contributed by atoms with Crippen LogP contribution in [-0.4, -0.2) is 19.1 Å². The van der Waals surface area contributed by atoms with Gasteiger partial charge in [-0.25, -0.2) is 0 Å².